The molecule has 0 aliphatic carbocycles. The van der Waals surface area contributed by atoms with Gasteiger partial charge in [-0.15, -0.1) is 0 Å². The average Bonchev–Trinajstić information content (AvgIpc) is 2.95. The van der Waals surface area contributed by atoms with Crippen molar-refractivity contribution in [3.05, 3.63) is 52.8 Å². The van der Waals surface area contributed by atoms with E-state index >= 15 is 0 Å². The van der Waals surface area contributed by atoms with Crippen LogP contribution in [0.15, 0.2) is 24.3 Å². The lowest BCUT2D eigenvalue weighted by Gasteiger charge is -2.22. The molecule has 0 aromatic heterocycles. The van der Waals surface area contributed by atoms with E-state index in [9.17, 15) is 38.1 Å². The fraction of sp³-hybridized carbons (Fsp3) is 0.263. The first-order chi connectivity index (χ1) is 13.7. The highest BCUT2D eigenvalue weighted by atomic mass is 19.2. The van der Waals surface area contributed by atoms with Crippen LogP contribution < -0.4 is 0 Å². The Bertz CT molecular complexity index is 960. The Morgan fingerprint density at radius 3 is 1.93 bits per heavy atom. The van der Waals surface area contributed by atoms with E-state index in [1.807, 2.05) is 0 Å². The average molecular weight is 410 g/mol. The quantitative estimate of drug-likeness (QED) is 0.521. The van der Waals surface area contributed by atoms with E-state index in [4.69, 9.17) is 0 Å². The van der Waals surface area contributed by atoms with E-state index in [0.717, 1.165) is 18.2 Å². The standard InChI is InChI=1S/C19H17F3N2O5/c20-12-3-2-11(15(21)16(12)22)19(29)24-5-1-4-23(6-7-24)18(28)10-8-13(25)17(27)14(26)9-10/h2-3,8-9,25-27H,1,4-7H2. The molecule has 2 aromatic carbocycles. The van der Waals surface area contributed by atoms with Crippen molar-refractivity contribution in [2.24, 2.45) is 0 Å². The maximum Gasteiger partial charge on any atom is 0.257 e. The van der Waals surface area contributed by atoms with Gasteiger partial charge >= 0.3 is 0 Å². The molecule has 0 unspecified atom stereocenters. The molecule has 1 aliphatic rings. The molecular weight excluding hydrogens is 393 g/mol. The Morgan fingerprint density at radius 2 is 1.34 bits per heavy atom. The van der Waals surface area contributed by atoms with E-state index in [0.29, 0.717) is 12.5 Å². The molecule has 0 bridgehead atoms. The van der Waals surface area contributed by atoms with Crippen LogP contribution in [0.3, 0.4) is 0 Å². The molecule has 3 N–H and O–H groups in total. The van der Waals surface area contributed by atoms with Gasteiger partial charge in [0, 0.05) is 31.7 Å². The summed E-state index contributed by atoms with van der Waals surface area (Å²) in [6, 6.07) is 3.54. The van der Waals surface area contributed by atoms with Crippen LogP contribution in [0.25, 0.3) is 0 Å². The normalized spacial score (nSPS) is 14.6. The number of carbonyl (C=O) groups excluding carboxylic acids is 2. The predicted octanol–water partition coefficient (Wildman–Crippen LogP) is 2.21. The topological polar surface area (TPSA) is 101 Å². The Balaban J connectivity index is 1.74. The number of phenols is 3. The smallest absolute Gasteiger partial charge is 0.257 e. The van der Waals surface area contributed by atoms with Gasteiger partial charge in [-0.2, -0.15) is 0 Å². The highest BCUT2D eigenvalue weighted by molar-refractivity contribution is 5.96. The largest absolute Gasteiger partial charge is 0.504 e. The van der Waals surface area contributed by atoms with Crippen LogP contribution in [-0.2, 0) is 0 Å². The van der Waals surface area contributed by atoms with Crippen LogP contribution >= 0.6 is 0 Å². The zero-order valence-corrected chi connectivity index (χ0v) is 15.0. The first kappa shape index (κ1) is 20.3. The maximum absolute atomic E-state index is 13.9. The summed E-state index contributed by atoms with van der Waals surface area (Å²) in [7, 11) is 0. The second-order valence-electron chi connectivity index (χ2n) is 6.52. The lowest BCUT2D eigenvalue weighted by atomic mass is 10.1. The maximum atomic E-state index is 13.9. The van der Waals surface area contributed by atoms with Gasteiger partial charge in [-0.1, -0.05) is 0 Å². The van der Waals surface area contributed by atoms with Crippen LogP contribution in [-0.4, -0.2) is 63.1 Å². The molecule has 29 heavy (non-hydrogen) atoms. The minimum atomic E-state index is -1.73. The van der Waals surface area contributed by atoms with Crippen LogP contribution in [0.1, 0.15) is 27.1 Å². The third-order valence-corrected chi connectivity index (χ3v) is 4.65. The Kier molecular flexibility index (Phi) is 5.53. The van der Waals surface area contributed by atoms with Crippen molar-refractivity contribution in [2.75, 3.05) is 26.2 Å². The first-order valence-electron chi connectivity index (χ1n) is 8.67. The first-order valence-corrected chi connectivity index (χ1v) is 8.67. The van der Waals surface area contributed by atoms with Crippen LogP contribution in [0.4, 0.5) is 13.2 Å². The lowest BCUT2D eigenvalue weighted by Crippen LogP contribution is -2.37. The number of nitrogens with zero attached hydrogens (tertiary/aromatic N) is 2. The molecule has 1 fully saturated rings. The molecule has 2 amide bonds. The predicted molar refractivity (Wildman–Crippen MR) is 94.2 cm³/mol. The summed E-state index contributed by atoms with van der Waals surface area (Å²) in [5.74, 6) is -8.13. The fourth-order valence-corrected chi connectivity index (χ4v) is 3.10. The second-order valence-corrected chi connectivity index (χ2v) is 6.52. The molecular formula is C19H17F3N2O5. The molecule has 154 valence electrons. The molecule has 1 saturated heterocycles. The van der Waals surface area contributed by atoms with Gasteiger partial charge < -0.3 is 25.1 Å². The van der Waals surface area contributed by atoms with Crippen LogP contribution in [0.2, 0.25) is 0 Å². The molecule has 0 saturated carbocycles. The van der Waals surface area contributed by atoms with Crippen molar-refractivity contribution in [1.82, 2.24) is 9.80 Å². The minimum Gasteiger partial charge on any atom is -0.504 e. The second kappa shape index (κ2) is 7.90. The van der Waals surface area contributed by atoms with Gasteiger partial charge in [-0.25, -0.2) is 13.2 Å². The van der Waals surface area contributed by atoms with E-state index in [-0.39, 0.29) is 31.7 Å². The number of rotatable bonds is 2. The number of aromatic hydroxyl groups is 3. The van der Waals surface area contributed by atoms with Gasteiger partial charge in [0.2, 0.25) is 0 Å². The van der Waals surface area contributed by atoms with E-state index in [2.05, 4.69) is 0 Å². The number of halogens is 3. The molecule has 7 nitrogen and oxygen atoms in total. The molecule has 0 spiro atoms. The third kappa shape index (κ3) is 3.91. The number of carbonyl (C=O) groups is 2. The summed E-state index contributed by atoms with van der Waals surface area (Å²) in [5.41, 5.74) is -0.665. The summed E-state index contributed by atoms with van der Waals surface area (Å²) in [4.78, 5) is 27.7. The lowest BCUT2D eigenvalue weighted by molar-refractivity contribution is 0.0715. The van der Waals surface area contributed by atoms with Crippen molar-refractivity contribution in [3.63, 3.8) is 0 Å². The molecule has 10 heteroatoms. The number of benzene rings is 2. The number of phenolic OH excluding ortho intramolecular Hbond substituents is 3. The minimum absolute atomic E-state index is 0.0130. The molecule has 1 heterocycles. The Hall–Kier alpha value is -3.43. The van der Waals surface area contributed by atoms with E-state index < -0.39 is 52.1 Å². The summed E-state index contributed by atoms with van der Waals surface area (Å²) in [6.45, 7) is 0.454. The molecule has 3 rings (SSSR count). The highest BCUT2D eigenvalue weighted by Gasteiger charge is 2.27. The molecule has 0 radical (unpaired) electrons. The van der Waals surface area contributed by atoms with Crippen molar-refractivity contribution < 1.29 is 38.1 Å². The zero-order chi connectivity index (χ0) is 21.3. The summed E-state index contributed by atoms with van der Waals surface area (Å²) in [5, 5.41) is 28.5. The summed E-state index contributed by atoms with van der Waals surface area (Å²) < 4.78 is 40.4. The number of hydrogen-bond donors (Lipinski definition) is 3. The van der Waals surface area contributed by atoms with Crippen LogP contribution in [0, 0.1) is 17.5 Å². The highest BCUT2D eigenvalue weighted by Crippen LogP contribution is 2.35. The van der Waals surface area contributed by atoms with Gasteiger partial charge in [0.1, 0.15) is 0 Å². The monoisotopic (exact) mass is 410 g/mol. The van der Waals surface area contributed by atoms with Crippen LogP contribution in [0.5, 0.6) is 17.2 Å². The van der Waals surface area contributed by atoms with Gasteiger partial charge in [0.25, 0.3) is 11.8 Å². The van der Waals surface area contributed by atoms with Gasteiger partial charge in [0.15, 0.2) is 34.7 Å². The van der Waals surface area contributed by atoms with Crippen molar-refractivity contribution in [2.45, 2.75) is 6.42 Å². The summed E-state index contributed by atoms with van der Waals surface area (Å²) in [6.07, 6.45) is 0.332. The van der Waals surface area contributed by atoms with Crippen molar-refractivity contribution >= 4 is 11.8 Å². The van der Waals surface area contributed by atoms with Crippen molar-refractivity contribution in [3.8, 4) is 17.2 Å². The number of amides is 2. The van der Waals surface area contributed by atoms with E-state index in [1.54, 1.807) is 0 Å². The Morgan fingerprint density at radius 1 is 0.793 bits per heavy atom. The SMILES string of the molecule is O=C(c1cc(O)c(O)c(O)c1)N1CCCN(C(=O)c2ccc(F)c(F)c2F)CC1. The van der Waals surface area contributed by atoms with Gasteiger partial charge in [0.05, 0.1) is 5.56 Å². The van der Waals surface area contributed by atoms with Crippen molar-refractivity contribution in [1.29, 1.82) is 0 Å². The van der Waals surface area contributed by atoms with E-state index in [1.165, 1.54) is 9.80 Å². The molecule has 2 aromatic rings. The zero-order valence-electron chi connectivity index (χ0n) is 15.0. The fourth-order valence-electron chi connectivity index (χ4n) is 3.10. The molecule has 0 atom stereocenters. The van der Waals surface area contributed by atoms with Gasteiger partial charge in [-0.05, 0) is 30.7 Å². The Labute approximate surface area is 163 Å². The number of hydrogen-bond acceptors (Lipinski definition) is 5. The summed E-state index contributed by atoms with van der Waals surface area (Å²) >= 11 is 0. The molecule has 1 aliphatic heterocycles. The third-order valence-electron chi connectivity index (χ3n) is 4.65. The van der Waals surface area contributed by atoms with Gasteiger partial charge in [-0.3, -0.25) is 9.59 Å².